The van der Waals surface area contributed by atoms with Gasteiger partial charge in [0.25, 0.3) is 0 Å². The van der Waals surface area contributed by atoms with Crippen LogP contribution in [0.2, 0.25) is 5.15 Å². The number of hydrogen-bond donors (Lipinski definition) is 1. The number of aromatic nitrogens is 1. The Bertz CT molecular complexity index is 328. The number of anilines is 1. The Morgan fingerprint density at radius 1 is 1.47 bits per heavy atom. The van der Waals surface area contributed by atoms with Crippen molar-refractivity contribution in [1.29, 1.82) is 0 Å². The molecule has 1 heterocycles. The predicted molar refractivity (Wildman–Crippen MR) is 61.3 cm³/mol. The van der Waals surface area contributed by atoms with E-state index >= 15 is 0 Å². The maximum atomic E-state index is 9.03. The van der Waals surface area contributed by atoms with Crippen LogP contribution in [0.15, 0.2) is 18.2 Å². The van der Waals surface area contributed by atoms with Gasteiger partial charge >= 0.3 is 0 Å². The average Bonchev–Trinajstić information content (AvgIpc) is 2.14. The van der Waals surface area contributed by atoms with Gasteiger partial charge in [0.05, 0.1) is 6.61 Å². The smallest absolute Gasteiger partial charge is 0.131 e. The summed E-state index contributed by atoms with van der Waals surface area (Å²) in [5, 5.41) is 9.54. The number of rotatable bonds is 4. The summed E-state index contributed by atoms with van der Waals surface area (Å²) in [4.78, 5) is 6.42. The number of nitrogens with zero attached hydrogens (tertiary/aromatic N) is 2. The fourth-order valence-corrected chi connectivity index (χ4v) is 2.01. The van der Waals surface area contributed by atoms with E-state index < -0.39 is 0 Å². The zero-order chi connectivity index (χ0) is 10.7. The highest BCUT2D eigenvalue weighted by molar-refractivity contribution is 6.29. The number of halogens is 1. The topological polar surface area (TPSA) is 36.4 Å². The minimum atomic E-state index is 0.157. The van der Waals surface area contributed by atoms with E-state index in [4.69, 9.17) is 16.7 Å². The van der Waals surface area contributed by atoms with E-state index in [2.05, 4.69) is 9.88 Å². The van der Waals surface area contributed by atoms with Gasteiger partial charge in [-0.25, -0.2) is 4.98 Å². The lowest BCUT2D eigenvalue weighted by atomic mass is 9.91. The summed E-state index contributed by atoms with van der Waals surface area (Å²) < 4.78 is 0. The molecule has 1 N–H and O–H groups in total. The molecule has 1 aromatic rings. The van der Waals surface area contributed by atoms with Crippen molar-refractivity contribution in [1.82, 2.24) is 4.98 Å². The Hall–Kier alpha value is -0.800. The summed E-state index contributed by atoms with van der Waals surface area (Å²) >= 11 is 5.85. The Morgan fingerprint density at radius 2 is 2.27 bits per heavy atom. The second-order valence-electron chi connectivity index (χ2n) is 3.82. The van der Waals surface area contributed by atoms with Gasteiger partial charge in [0.2, 0.25) is 0 Å². The van der Waals surface area contributed by atoms with E-state index in [9.17, 15) is 0 Å². The maximum absolute atomic E-state index is 9.03. The zero-order valence-electron chi connectivity index (χ0n) is 8.56. The van der Waals surface area contributed by atoms with Crippen molar-refractivity contribution in [2.24, 2.45) is 0 Å². The van der Waals surface area contributed by atoms with Gasteiger partial charge in [0.1, 0.15) is 11.0 Å². The second-order valence-corrected chi connectivity index (χ2v) is 4.21. The number of aliphatic hydroxyl groups is 1. The Morgan fingerprint density at radius 3 is 2.80 bits per heavy atom. The lowest BCUT2D eigenvalue weighted by molar-refractivity contribution is 0.283. The quantitative estimate of drug-likeness (QED) is 0.799. The van der Waals surface area contributed by atoms with Gasteiger partial charge in [-0.15, -0.1) is 0 Å². The van der Waals surface area contributed by atoms with Crippen molar-refractivity contribution in [2.45, 2.75) is 25.3 Å². The van der Waals surface area contributed by atoms with Crippen molar-refractivity contribution in [3.63, 3.8) is 0 Å². The number of aliphatic hydroxyl groups excluding tert-OH is 1. The third-order valence-corrected chi connectivity index (χ3v) is 3.06. The van der Waals surface area contributed by atoms with Crippen LogP contribution in [0.5, 0.6) is 0 Å². The molecule has 4 heteroatoms. The minimum absolute atomic E-state index is 0.157. The molecule has 0 bridgehead atoms. The molecule has 1 aliphatic rings. The standard InChI is InChI=1S/C11H15ClN2O/c12-10-5-2-6-11(13-10)14(7-8-15)9-3-1-4-9/h2,5-6,9,15H,1,3-4,7-8H2. The third-order valence-electron chi connectivity index (χ3n) is 2.85. The van der Waals surface area contributed by atoms with Crippen LogP contribution in [0.25, 0.3) is 0 Å². The van der Waals surface area contributed by atoms with E-state index in [1.165, 1.54) is 19.3 Å². The van der Waals surface area contributed by atoms with Crippen molar-refractivity contribution >= 4 is 17.4 Å². The molecule has 0 amide bonds. The molecule has 1 aromatic heterocycles. The summed E-state index contributed by atoms with van der Waals surface area (Å²) in [7, 11) is 0. The summed E-state index contributed by atoms with van der Waals surface area (Å²) in [6.07, 6.45) is 3.65. The molecular weight excluding hydrogens is 212 g/mol. The molecule has 1 aliphatic carbocycles. The van der Waals surface area contributed by atoms with Crippen molar-refractivity contribution in [3.8, 4) is 0 Å². The highest BCUT2D eigenvalue weighted by atomic mass is 35.5. The summed E-state index contributed by atoms with van der Waals surface area (Å²) in [5.74, 6) is 0.876. The first-order valence-corrected chi connectivity index (χ1v) is 5.69. The van der Waals surface area contributed by atoms with Crippen LogP contribution in [0.4, 0.5) is 5.82 Å². The molecule has 2 rings (SSSR count). The normalized spacial score (nSPS) is 16.1. The lowest BCUT2D eigenvalue weighted by Crippen LogP contribution is -2.42. The van der Waals surface area contributed by atoms with Gasteiger partial charge < -0.3 is 10.0 Å². The molecule has 15 heavy (non-hydrogen) atoms. The molecule has 0 saturated heterocycles. The largest absolute Gasteiger partial charge is 0.395 e. The second kappa shape index (κ2) is 4.81. The van der Waals surface area contributed by atoms with Crippen LogP contribution in [0, 0.1) is 0 Å². The first-order valence-electron chi connectivity index (χ1n) is 5.31. The molecule has 3 nitrogen and oxygen atoms in total. The molecule has 0 aliphatic heterocycles. The van der Waals surface area contributed by atoms with Gasteiger partial charge in [-0.05, 0) is 31.4 Å². The SMILES string of the molecule is OCCN(c1cccc(Cl)n1)C1CCC1. The van der Waals surface area contributed by atoms with Crippen LogP contribution < -0.4 is 4.90 Å². The molecule has 0 aromatic carbocycles. The van der Waals surface area contributed by atoms with E-state index in [1.807, 2.05) is 12.1 Å². The molecule has 0 radical (unpaired) electrons. The molecule has 0 spiro atoms. The van der Waals surface area contributed by atoms with Gasteiger partial charge in [-0.1, -0.05) is 17.7 Å². The number of hydrogen-bond acceptors (Lipinski definition) is 3. The molecule has 1 fully saturated rings. The van der Waals surface area contributed by atoms with Gasteiger partial charge in [0, 0.05) is 12.6 Å². The monoisotopic (exact) mass is 226 g/mol. The Balaban J connectivity index is 2.15. The van der Waals surface area contributed by atoms with Crippen LogP contribution >= 0.6 is 11.6 Å². The van der Waals surface area contributed by atoms with Crippen LogP contribution in [0.1, 0.15) is 19.3 Å². The fraction of sp³-hybridized carbons (Fsp3) is 0.545. The summed E-state index contributed by atoms with van der Waals surface area (Å²) in [5.41, 5.74) is 0. The maximum Gasteiger partial charge on any atom is 0.131 e. The molecule has 82 valence electrons. The minimum Gasteiger partial charge on any atom is -0.395 e. The molecule has 1 saturated carbocycles. The summed E-state index contributed by atoms with van der Waals surface area (Å²) in [6.45, 7) is 0.794. The van der Waals surface area contributed by atoms with Crippen molar-refractivity contribution in [2.75, 3.05) is 18.1 Å². The van der Waals surface area contributed by atoms with Crippen LogP contribution in [-0.2, 0) is 0 Å². The predicted octanol–water partition coefficient (Wildman–Crippen LogP) is 2.09. The van der Waals surface area contributed by atoms with E-state index in [-0.39, 0.29) is 6.61 Å². The van der Waals surface area contributed by atoms with E-state index in [0.29, 0.717) is 17.7 Å². The number of pyridine rings is 1. The fourth-order valence-electron chi connectivity index (χ4n) is 1.85. The van der Waals surface area contributed by atoms with Gasteiger partial charge in [0.15, 0.2) is 0 Å². The Kier molecular flexibility index (Phi) is 3.44. The van der Waals surface area contributed by atoms with Gasteiger partial charge in [-0.2, -0.15) is 0 Å². The zero-order valence-corrected chi connectivity index (χ0v) is 9.32. The highest BCUT2D eigenvalue weighted by Gasteiger charge is 2.25. The van der Waals surface area contributed by atoms with Crippen LogP contribution in [0.3, 0.4) is 0 Å². The molecule has 0 unspecified atom stereocenters. The van der Waals surface area contributed by atoms with Crippen molar-refractivity contribution in [3.05, 3.63) is 23.4 Å². The lowest BCUT2D eigenvalue weighted by Gasteiger charge is -2.38. The molecular formula is C11H15ClN2O. The van der Waals surface area contributed by atoms with E-state index in [1.54, 1.807) is 6.07 Å². The summed E-state index contributed by atoms with van der Waals surface area (Å²) in [6, 6.07) is 6.14. The third kappa shape index (κ3) is 2.41. The first kappa shape index (κ1) is 10.7. The molecule has 0 atom stereocenters. The highest BCUT2D eigenvalue weighted by Crippen LogP contribution is 2.28. The van der Waals surface area contributed by atoms with Crippen molar-refractivity contribution < 1.29 is 5.11 Å². The van der Waals surface area contributed by atoms with Crippen LogP contribution in [-0.4, -0.2) is 29.3 Å². The Labute approximate surface area is 94.7 Å². The van der Waals surface area contributed by atoms with Gasteiger partial charge in [-0.3, -0.25) is 0 Å². The van der Waals surface area contributed by atoms with E-state index in [0.717, 1.165) is 5.82 Å². The first-order chi connectivity index (χ1) is 7.31. The average molecular weight is 227 g/mol.